The lowest BCUT2D eigenvalue weighted by Gasteiger charge is -2.07. The first-order valence-electron chi connectivity index (χ1n) is 4.79. The molecule has 1 aromatic heterocycles. The molecule has 0 aliphatic carbocycles. The zero-order valence-electron chi connectivity index (χ0n) is 8.22. The van der Waals surface area contributed by atoms with Gasteiger partial charge in [-0.3, -0.25) is 5.10 Å². The number of benzene rings is 1. The standard InChI is InChI=1S/C11H13N3O/c12-6-10(15)9-7-13-14-11(9)8-4-2-1-3-5-8/h1-5,7,10,15H,6,12H2,(H,13,14)/t10-/m1/s1. The van der Waals surface area contributed by atoms with Crippen LogP contribution >= 0.6 is 0 Å². The van der Waals surface area contributed by atoms with Crippen LogP contribution in [-0.4, -0.2) is 21.8 Å². The highest BCUT2D eigenvalue weighted by atomic mass is 16.3. The summed E-state index contributed by atoms with van der Waals surface area (Å²) in [6, 6.07) is 9.74. The Labute approximate surface area is 87.7 Å². The van der Waals surface area contributed by atoms with Crippen LogP contribution in [0.4, 0.5) is 0 Å². The summed E-state index contributed by atoms with van der Waals surface area (Å²) in [4.78, 5) is 0. The Morgan fingerprint density at radius 3 is 2.73 bits per heavy atom. The van der Waals surface area contributed by atoms with Crippen LogP contribution < -0.4 is 5.73 Å². The molecule has 2 rings (SSSR count). The number of hydrogen-bond donors (Lipinski definition) is 3. The molecule has 4 nitrogen and oxygen atoms in total. The van der Waals surface area contributed by atoms with Crippen LogP contribution in [0.2, 0.25) is 0 Å². The summed E-state index contributed by atoms with van der Waals surface area (Å²) >= 11 is 0. The van der Waals surface area contributed by atoms with Crippen LogP contribution in [-0.2, 0) is 0 Å². The number of nitrogens with one attached hydrogen (secondary N) is 1. The Hall–Kier alpha value is -1.65. The maximum atomic E-state index is 9.68. The summed E-state index contributed by atoms with van der Waals surface area (Å²) in [7, 11) is 0. The van der Waals surface area contributed by atoms with E-state index in [1.54, 1.807) is 6.20 Å². The molecule has 1 aromatic carbocycles. The van der Waals surface area contributed by atoms with E-state index < -0.39 is 6.10 Å². The third kappa shape index (κ3) is 1.91. The summed E-state index contributed by atoms with van der Waals surface area (Å²) in [5.41, 5.74) is 7.98. The summed E-state index contributed by atoms with van der Waals surface area (Å²) in [6.45, 7) is 0.194. The Kier molecular flexibility index (Phi) is 2.80. The fourth-order valence-electron chi connectivity index (χ4n) is 1.51. The lowest BCUT2D eigenvalue weighted by atomic mass is 10.0. The molecule has 1 heterocycles. The van der Waals surface area contributed by atoms with Crippen molar-refractivity contribution in [3.8, 4) is 11.3 Å². The van der Waals surface area contributed by atoms with E-state index in [1.165, 1.54) is 0 Å². The topological polar surface area (TPSA) is 74.9 Å². The highest BCUT2D eigenvalue weighted by molar-refractivity contribution is 5.62. The second-order valence-corrected chi connectivity index (χ2v) is 3.32. The van der Waals surface area contributed by atoms with Gasteiger partial charge in [0, 0.05) is 12.1 Å². The predicted octanol–water partition coefficient (Wildman–Crippen LogP) is 1.07. The first kappa shape index (κ1) is 9.89. The number of H-pyrrole nitrogens is 1. The number of hydrogen-bond acceptors (Lipinski definition) is 3. The van der Waals surface area contributed by atoms with Crippen LogP contribution in [0.25, 0.3) is 11.3 Å². The van der Waals surface area contributed by atoms with Gasteiger partial charge in [0.25, 0.3) is 0 Å². The Bertz CT molecular complexity index is 424. The SMILES string of the molecule is NC[C@@H](O)c1cn[nH]c1-c1ccccc1. The number of aliphatic hydroxyl groups excluding tert-OH is 1. The van der Waals surface area contributed by atoms with Crippen molar-refractivity contribution >= 4 is 0 Å². The van der Waals surface area contributed by atoms with Gasteiger partial charge < -0.3 is 10.8 Å². The van der Waals surface area contributed by atoms with Crippen LogP contribution in [0.1, 0.15) is 11.7 Å². The number of rotatable bonds is 3. The quantitative estimate of drug-likeness (QED) is 0.698. The molecule has 0 amide bonds. The molecule has 0 unspecified atom stereocenters. The van der Waals surface area contributed by atoms with Crippen molar-refractivity contribution in [3.63, 3.8) is 0 Å². The van der Waals surface area contributed by atoms with E-state index in [2.05, 4.69) is 10.2 Å². The maximum Gasteiger partial charge on any atom is 0.0948 e. The number of aromatic amines is 1. The Morgan fingerprint density at radius 1 is 1.33 bits per heavy atom. The van der Waals surface area contributed by atoms with Gasteiger partial charge in [-0.1, -0.05) is 30.3 Å². The summed E-state index contributed by atoms with van der Waals surface area (Å²) in [5, 5.41) is 16.5. The second-order valence-electron chi connectivity index (χ2n) is 3.32. The van der Waals surface area contributed by atoms with Gasteiger partial charge >= 0.3 is 0 Å². The van der Waals surface area contributed by atoms with Gasteiger partial charge in [0.2, 0.25) is 0 Å². The molecule has 0 saturated heterocycles. The minimum Gasteiger partial charge on any atom is -0.387 e. The van der Waals surface area contributed by atoms with E-state index in [0.717, 1.165) is 16.8 Å². The van der Waals surface area contributed by atoms with Crippen LogP contribution in [0.5, 0.6) is 0 Å². The van der Waals surface area contributed by atoms with Crippen molar-refractivity contribution in [2.45, 2.75) is 6.10 Å². The highest BCUT2D eigenvalue weighted by Crippen LogP contribution is 2.24. The molecule has 0 fully saturated rings. The zero-order valence-corrected chi connectivity index (χ0v) is 8.22. The average molecular weight is 203 g/mol. The smallest absolute Gasteiger partial charge is 0.0948 e. The van der Waals surface area contributed by atoms with E-state index in [1.807, 2.05) is 30.3 Å². The fourth-order valence-corrected chi connectivity index (χ4v) is 1.51. The van der Waals surface area contributed by atoms with Crippen molar-refractivity contribution in [1.29, 1.82) is 0 Å². The number of nitrogens with zero attached hydrogens (tertiary/aromatic N) is 1. The molecular weight excluding hydrogens is 190 g/mol. The molecule has 0 saturated carbocycles. The first-order valence-corrected chi connectivity index (χ1v) is 4.79. The van der Waals surface area contributed by atoms with Crippen LogP contribution in [0.3, 0.4) is 0 Å². The van der Waals surface area contributed by atoms with Crippen LogP contribution in [0.15, 0.2) is 36.5 Å². The largest absolute Gasteiger partial charge is 0.387 e. The van der Waals surface area contributed by atoms with E-state index in [0.29, 0.717) is 0 Å². The predicted molar refractivity (Wildman–Crippen MR) is 58.0 cm³/mol. The zero-order chi connectivity index (χ0) is 10.7. The molecule has 0 aliphatic rings. The van der Waals surface area contributed by atoms with Crippen molar-refractivity contribution in [2.24, 2.45) is 5.73 Å². The molecule has 1 atom stereocenters. The van der Waals surface area contributed by atoms with Gasteiger partial charge in [0.15, 0.2) is 0 Å². The summed E-state index contributed by atoms with van der Waals surface area (Å²) in [5.74, 6) is 0. The van der Waals surface area contributed by atoms with Crippen molar-refractivity contribution < 1.29 is 5.11 Å². The summed E-state index contributed by atoms with van der Waals surface area (Å²) in [6.07, 6.45) is 0.943. The minimum absolute atomic E-state index is 0.194. The number of aromatic nitrogens is 2. The van der Waals surface area contributed by atoms with Crippen molar-refractivity contribution in [2.75, 3.05) is 6.54 Å². The van der Waals surface area contributed by atoms with Crippen molar-refractivity contribution in [1.82, 2.24) is 10.2 Å². The summed E-state index contributed by atoms with van der Waals surface area (Å²) < 4.78 is 0. The lowest BCUT2D eigenvalue weighted by Crippen LogP contribution is -2.11. The van der Waals surface area contributed by atoms with Gasteiger partial charge in [-0.25, -0.2) is 0 Å². The number of aliphatic hydroxyl groups is 1. The third-order valence-electron chi connectivity index (χ3n) is 2.31. The minimum atomic E-state index is -0.668. The molecule has 4 N–H and O–H groups in total. The highest BCUT2D eigenvalue weighted by Gasteiger charge is 2.13. The maximum absolute atomic E-state index is 9.68. The molecule has 78 valence electrons. The van der Waals surface area contributed by atoms with Crippen molar-refractivity contribution in [3.05, 3.63) is 42.1 Å². The lowest BCUT2D eigenvalue weighted by molar-refractivity contribution is 0.187. The molecule has 15 heavy (non-hydrogen) atoms. The fraction of sp³-hybridized carbons (Fsp3) is 0.182. The molecule has 0 aliphatic heterocycles. The van der Waals surface area contributed by atoms with E-state index in [-0.39, 0.29) is 6.54 Å². The molecule has 2 aromatic rings. The van der Waals surface area contributed by atoms with E-state index in [9.17, 15) is 5.11 Å². The first-order chi connectivity index (χ1) is 7.33. The third-order valence-corrected chi connectivity index (χ3v) is 2.31. The molecular formula is C11H13N3O. The van der Waals surface area contributed by atoms with Gasteiger partial charge in [0.05, 0.1) is 18.0 Å². The number of nitrogens with two attached hydrogens (primary N) is 1. The molecule has 0 bridgehead atoms. The normalized spacial score (nSPS) is 12.7. The molecule has 0 radical (unpaired) electrons. The Balaban J connectivity index is 2.41. The van der Waals surface area contributed by atoms with Gasteiger partial charge in [-0.2, -0.15) is 5.10 Å². The monoisotopic (exact) mass is 203 g/mol. The molecule has 4 heteroatoms. The molecule has 0 spiro atoms. The van der Waals surface area contributed by atoms with Crippen LogP contribution in [0, 0.1) is 0 Å². The van der Waals surface area contributed by atoms with E-state index in [4.69, 9.17) is 5.73 Å². The van der Waals surface area contributed by atoms with Gasteiger partial charge in [0.1, 0.15) is 0 Å². The second kappa shape index (κ2) is 4.25. The Morgan fingerprint density at radius 2 is 2.07 bits per heavy atom. The van der Waals surface area contributed by atoms with Gasteiger partial charge in [-0.15, -0.1) is 0 Å². The van der Waals surface area contributed by atoms with Gasteiger partial charge in [-0.05, 0) is 5.56 Å². The van der Waals surface area contributed by atoms with E-state index >= 15 is 0 Å². The average Bonchev–Trinajstić information content (AvgIpc) is 2.78.